The van der Waals surface area contributed by atoms with Crippen molar-refractivity contribution in [1.29, 1.82) is 0 Å². The van der Waals surface area contributed by atoms with Crippen molar-refractivity contribution in [1.82, 2.24) is 5.32 Å². The monoisotopic (exact) mass is 352 g/mol. The van der Waals surface area contributed by atoms with Gasteiger partial charge in [-0.05, 0) is 52.7 Å². The first-order valence-corrected chi connectivity index (χ1v) is 8.60. The average Bonchev–Trinajstić information content (AvgIpc) is 2.85. The van der Waals surface area contributed by atoms with E-state index in [1.165, 1.54) is 27.0 Å². The van der Waals surface area contributed by atoms with Crippen molar-refractivity contribution in [2.75, 3.05) is 18.5 Å². The summed E-state index contributed by atoms with van der Waals surface area (Å²) in [4.78, 5) is 3.65. The summed E-state index contributed by atoms with van der Waals surface area (Å²) in [5, 5.41) is 5.56. The van der Waals surface area contributed by atoms with Gasteiger partial charge in [0.1, 0.15) is 0 Å². The fourth-order valence-electron chi connectivity index (χ4n) is 2.04. The number of rotatable bonds is 7. The largest absolute Gasteiger partial charge is 0.369 e. The molecule has 0 aliphatic rings. The Balaban J connectivity index is 1.91. The standard InChI is InChI=1S/C16H21BrN2S/c1-3-8-18-10-13-4-6-15(7-5-13)19(2)11-16-9-14(17)12-20-16/h4-7,9,12,18H,3,8,10-11H2,1-2H3. The van der Waals surface area contributed by atoms with Gasteiger partial charge >= 0.3 is 0 Å². The molecular weight excluding hydrogens is 332 g/mol. The molecule has 1 heterocycles. The Hall–Kier alpha value is -0.840. The minimum absolute atomic E-state index is 0.948. The summed E-state index contributed by atoms with van der Waals surface area (Å²) in [6.07, 6.45) is 1.18. The van der Waals surface area contributed by atoms with Crippen LogP contribution in [0.2, 0.25) is 0 Å². The summed E-state index contributed by atoms with van der Waals surface area (Å²) in [5.41, 5.74) is 2.60. The summed E-state index contributed by atoms with van der Waals surface area (Å²) < 4.78 is 1.17. The quantitative estimate of drug-likeness (QED) is 0.729. The summed E-state index contributed by atoms with van der Waals surface area (Å²) in [7, 11) is 2.14. The molecule has 0 spiro atoms. The molecule has 1 N–H and O–H groups in total. The Morgan fingerprint density at radius 3 is 2.60 bits per heavy atom. The van der Waals surface area contributed by atoms with Crippen molar-refractivity contribution in [3.63, 3.8) is 0 Å². The van der Waals surface area contributed by atoms with Crippen molar-refractivity contribution < 1.29 is 0 Å². The van der Waals surface area contributed by atoms with E-state index in [1.807, 2.05) is 0 Å². The molecule has 0 saturated carbocycles. The number of nitrogens with zero attached hydrogens (tertiary/aromatic N) is 1. The van der Waals surface area contributed by atoms with E-state index in [9.17, 15) is 0 Å². The molecule has 2 rings (SSSR count). The van der Waals surface area contributed by atoms with Gasteiger partial charge in [-0.25, -0.2) is 0 Å². The Labute approximate surface area is 133 Å². The number of nitrogens with one attached hydrogen (secondary N) is 1. The van der Waals surface area contributed by atoms with Crippen LogP contribution in [0, 0.1) is 0 Å². The molecule has 1 aromatic carbocycles. The zero-order valence-electron chi connectivity index (χ0n) is 12.0. The molecule has 0 radical (unpaired) electrons. The van der Waals surface area contributed by atoms with Gasteiger partial charge in [-0.2, -0.15) is 0 Å². The Morgan fingerprint density at radius 2 is 2.00 bits per heavy atom. The van der Waals surface area contributed by atoms with Gasteiger partial charge in [0.25, 0.3) is 0 Å². The molecule has 20 heavy (non-hydrogen) atoms. The third-order valence-electron chi connectivity index (χ3n) is 3.15. The number of anilines is 1. The third kappa shape index (κ3) is 4.62. The second-order valence-electron chi connectivity index (χ2n) is 4.93. The van der Waals surface area contributed by atoms with Gasteiger partial charge in [0, 0.05) is 34.0 Å². The van der Waals surface area contributed by atoms with E-state index < -0.39 is 0 Å². The molecule has 108 valence electrons. The normalized spacial score (nSPS) is 10.8. The van der Waals surface area contributed by atoms with Crippen LogP contribution in [-0.2, 0) is 13.1 Å². The van der Waals surface area contributed by atoms with E-state index in [0.29, 0.717) is 0 Å². The van der Waals surface area contributed by atoms with Crippen LogP contribution in [0.25, 0.3) is 0 Å². The highest BCUT2D eigenvalue weighted by Crippen LogP contribution is 2.23. The molecule has 0 aliphatic carbocycles. The van der Waals surface area contributed by atoms with E-state index in [-0.39, 0.29) is 0 Å². The first kappa shape index (κ1) is 15.5. The second-order valence-corrected chi connectivity index (χ2v) is 6.84. The molecule has 0 unspecified atom stereocenters. The Bertz CT molecular complexity index is 522. The van der Waals surface area contributed by atoms with E-state index in [1.54, 1.807) is 11.3 Å². The van der Waals surface area contributed by atoms with E-state index in [2.05, 4.69) is 75.8 Å². The molecule has 1 aromatic heterocycles. The van der Waals surface area contributed by atoms with Crippen LogP contribution in [0.15, 0.2) is 40.2 Å². The van der Waals surface area contributed by atoms with E-state index in [4.69, 9.17) is 0 Å². The second kappa shape index (κ2) is 7.81. The SMILES string of the molecule is CCCNCc1ccc(N(C)Cc2cc(Br)cs2)cc1. The summed E-state index contributed by atoms with van der Waals surface area (Å²) in [6.45, 7) is 5.17. The molecule has 0 saturated heterocycles. The molecular formula is C16H21BrN2S. The predicted octanol–water partition coefficient (Wildman–Crippen LogP) is 4.65. The van der Waals surface area contributed by atoms with Gasteiger partial charge in [0.2, 0.25) is 0 Å². The maximum Gasteiger partial charge on any atom is 0.0519 e. The fourth-order valence-corrected chi connectivity index (χ4v) is 3.54. The van der Waals surface area contributed by atoms with Gasteiger partial charge in [-0.1, -0.05) is 19.1 Å². The molecule has 0 aliphatic heterocycles. The topological polar surface area (TPSA) is 15.3 Å². The lowest BCUT2D eigenvalue weighted by molar-refractivity contribution is 0.675. The highest BCUT2D eigenvalue weighted by molar-refractivity contribution is 9.10. The maximum atomic E-state index is 3.50. The van der Waals surface area contributed by atoms with E-state index in [0.717, 1.165) is 19.6 Å². The van der Waals surface area contributed by atoms with Crippen LogP contribution in [0.5, 0.6) is 0 Å². The van der Waals surface area contributed by atoms with Crippen LogP contribution in [0.4, 0.5) is 5.69 Å². The predicted molar refractivity (Wildman–Crippen MR) is 92.6 cm³/mol. The first-order valence-electron chi connectivity index (χ1n) is 6.92. The number of halogens is 1. The van der Waals surface area contributed by atoms with Crippen molar-refractivity contribution in [2.45, 2.75) is 26.4 Å². The van der Waals surface area contributed by atoms with Crippen LogP contribution in [0.1, 0.15) is 23.8 Å². The highest BCUT2D eigenvalue weighted by atomic mass is 79.9. The Morgan fingerprint density at radius 1 is 1.25 bits per heavy atom. The summed E-state index contributed by atoms with van der Waals surface area (Å²) in [6, 6.07) is 11.0. The van der Waals surface area contributed by atoms with Crippen molar-refractivity contribution in [3.8, 4) is 0 Å². The molecule has 0 bridgehead atoms. The van der Waals surface area contributed by atoms with Gasteiger partial charge in [0.05, 0.1) is 6.54 Å². The zero-order chi connectivity index (χ0) is 14.4. The van der Waals surface area contributed by atoms with Crippen molar-refractivity contribution in [2.24, 2.45) is 0 Å². The molecule has 0 atom stereocenters. The van der Waals surface area contributed by atoms with Crippen LogP contribution < -0.4 is 10.2 Å². The van der Waals surface area contributed by atoms with Gasteiger partial charge in [0.15, 0.2) is 0 Å². The summed E-state index contributed by atoms with van der Waals surface area (Å²) in [5.74, 6) is 0. The van der Waals surface area contributed by atoms with Gasteiger partial charge < -0.3 is 10.2 Å². The maximum absolute atomic E-state index is 3.50. The highest BCUT2D eigenvalue weighted by Gasteiger charge is 2.04. The fraction of sp³-hybridized carbons (Fsp3) is 0.375. The molecule has 2 nitrogen and oxygen atoms in total. The lowest BCUT2D eigenvalue weighted by Gasteiger charge is -2.18. The molecule has 4 heteroatoms. The average molecular weight is 353 g/mol. The summed E-state index contributed by atoms with van der Waals surface area (Å²) >= 11 is 5.29. The van der Waals surface area contributed by atoms with E-state index >= 15 is 0 Å². The number of benzene rings is 1. The number of hydrogen-bond donors (Lipinski definition) is 1. The minimum Gasteiger partial charge on any atom is -0.369 e. The Kier molecular flexibility index (Phi) is 6.07. The third-order valence-corrected chi connectivity index (χ3v) is 4.83. The first-order chi connectivity index (χ1) is 9.69. The zero-order valence-corrected chi connectivity index (χ0v) is 14.4. The van der Waals surface area contributed by atoms with Crippen LogP contribution in [-0.4, -0.2) is 13.6 Å². The van der Waals surface area contributed by atoms with Crippen LogP contribution >= 0.6 is 27.3 Å². The van der Waals surface area contributed by atoms with Crippen LogP contribution in [0.3, 0.4) is 0 Å². The minimum atomic E-state index is 0.948. The smallest absolute Gasteiger partial charge is 0.0519 e. The molecule has 0 fully saturated rings. The molecule has 2 aromatic rings. The van der Waals surface area contributed by atoms with Gasteiger partial charge in [-0.15, -0.1) is 11.3 Å². The lowest BCUT2D eigenvalue weighted by atomic mass is 10.2. The van der Waals surface area contributed by atoms with Crippen molar-refractivity contribution in [3.05, 3.63) is 50.6 Å². The van der Waals surface area contributed by atoms with Crippen molar-refractivity contribution >= 4 is 33.0 Å². The number of thiophene rings is 1. The lowest BCUT2D eigenvalue weighted by Crippen LogP contribution is -2.16. The molecule has 0 amide bonds. The number of hydrogen-bond acceptors (Lipinski definition) is 3. The van der Waals surface area contributed by atoms with Gasteiger partial charge in [-0.3, -0.25) is 0 Å².